The summed E-state index contributed by atoms with van der Waals surface area (Å²) in [7, 11) is -3.10. The lowest BCUT2D eigenvalue weighted by atomic mass is 10.1. The van der Waals surface area contributed by atoms with Gasteiger partial charge in [0.05, 0.1) is 10.6 Å². The number of aryl methyl sites for hydroxylation is 1. The zero-order chi connectivity index (χ0) is 17.7. The summed E-state index contributed by atoms with van der Waals surface area (Å²) in [6.45, 7) is 4.13. The van der Waals surface area contributed by atoms with Gasteiger partial charge in [0, 0.05) is 0 Å². The molecule has 0 saturated carbocycles. The fourth-order valence-corrected chi connectivity index (χ4v) is 4.80. The van der Waals surface area contributed by atoms with Crippen LogP contribution in [0.15, 0.2) is 29.2 Å². The van der Waals surface area contributed by atoms with Crippen LogP contribution >= 0.6 is 0 Å². The minimum absolute atomic E-state index is 0.287. The van der Waals surface area contributed by atoms with Gasteiger partial charge in [-0.05, 0) is 25.0 Å². The molecule has 0 unspecified atom stereocenters. The van der Waals surface area contributed by atoms with Crippen molar-refractivity contribution in [1.82, 2.24) is 0 Å². The van der Waals surface area contributed by atoms with Crippen LogP contribution in [0, 0.1) is 6.92 Å². The van der Waals surface area contributed by atoms with E-state index >= 15 is 0 Å². The molecule has 24 heavy (non-hydrogen) atoms. The number of hydrogen-bond donors (Lipinski definition) is 0. The van der Waals surface area contributed by atoms with Crippen LogP contribution in [0.2, 0.25) is 0 Å². The highest BCUT2D eigenvalue weighted by molar-refractivity contribution is 7.91. The number of hydrogen-bond acceptors (Lipinski definition) is 2. The van der Waals surface area contributed by atoms with Gasteiger partial charge >= 0.3 is 0 Å². The van der Waals surface area contributed by atoms with Crippen LogP contribution in [0.3, 0.4) is 0 Å². The van der Waals surface area contributed by atoms with E-state index in [1.165, 1.54) is 64.2 Å². The number of sulfone groups is 1. The van der Waals surface area contributed by atoms with Gasteiger partial charge in [0.25, 0.3) is 0 Å². The molecule has 0 aromatic heterocycles. The maximum Gasteiger partial charge on any atom is 0.178 e. The predicted molar refractivity (Wildman–Crippen MR) is 104 cm³/mol. The number of unbranched alkanes of at least 4 members (excludes halogenated alkanes) is 11. The lowest BCUT2D eigenvalue weighted by Gasteiger charge is -2.07. The second kappa shape index (κ2) is 12.5. The molecule has 0 fully saturated rings. The zero-order valence-corrected chi connectivity index (χ0v) is 16.5. The molecular weight excluding hydrogens is 316 g/mol. The fraction of sp³-hybridized carbons (Fsp3) is 0.714. The van der Waals surface area contributed by atoms with Crippen LogP contribution in [0.25, 0.3) is 0 Å². The molecule has 138 valence electrons. The van der Waals surface area contributed by atoms with Gasteiger partial charge in [-0.3, -0.25) is 0 Å². The summed E-state index contributed by atoms with van der Waals surface area (Å²) < 4.78 is 24.7. The summed E-state index contributed by atoms with van der Waals surface area (Å²) in [4.78, 5) is 0.507. The molecule has 0 radical (unpaired) electrons. The molecule has 2 nitrogen and oxygen atoms in total. The van der Waals surface area contributed by atoms with E-state index in [4.69, 9.17) is 0 Å². The second-order valence-corrected chi connectivity index (χ2v) is 9.05. The van der Waals surface area contributed by atoms with E-state index in [0.717, 1.165) is 18.4 Å². The monoisotopic (exact) mass is 352 g/mol. The Labute approximate surface area is 150 Å². The van der Waals surface area contributed by atoms with E-state index < -0.39 is 9.84 Å². The molecule has 0 spiro atoms. The Morgan fingerprint density at radius 2 is 1.17 bits per heavy atom. The third-order valence-corrected chi connectivity index (χ3v) is 6.65. The lowest BCUT2D eigenvalue weighted by molar-refractivity contribution is 0.546. The van der Waals surface area contributed by atoms with Crippen molar-refractivity contribution >= 4 is 9.84 Å². The van der Waals surface area contributed by atoms with Crippen molar-refractivity contribution in [3.63, 3.8) is 0 Å². The predicted octanol–water partition coefficient (Wildman–Crippen LogP) is 6.47. The largest absolute Gasteiger partial charge is 0.224 e. The summed E-state index contributed by atoms with van der Waals surface area (Å²) >= 11 is 0. The first-order valence-corrected chi connectivity index (χ1v) is 11.5. The van der Waals surface area contributed by atoms with Crippen LogP contribution in [-0.2, 0) is 9.84 Å². The maximum atomic E-state index is 12.3. The third kappa shape index (κ3) is 8.86. The molecule has 1 aromatic carbocycles. The van der Waals surface area contributed by atoms with Gasteiger partial charge in [0.1, 0.15) is 0 Å². The zero-order valence-electron chi connectivity index (χ0n) is 15.7. The van der Waals surface area contributed by atoms with Crippen LogP contribution in [0.5, 0.6) is 0 Å². The van der Waals surface area contributed by atoms with Crippen molar-refractivity contribution in [2.24, 2.45) is 0 Å². The van der Waals surface area contributed by atoms with E-state index in [0.29, 0.717) is 4.90 Å². The van der Waals surface area contributed by atoms with Gasteiger partial charge < -0.3 is 0 Å². The summed E-state index contributed by atoms with van der Waals surface area (Å²) in [5.41, 5.74) is 0.858. The van der Waals surface area contributed by atoms with E-state index in [9.17, 15) is 8.42 Å². The molecular formula is C21H36O2S. The highest BCUT2D eigenvalue weighted by atomic mass is 32.2. The van der Waals surface area contributed by atoms with Gasteiger partial charge in [-0.1, -0.05) is 95.8 Å². The molecule has 3 heteroatoms. The van der Waals surface area contributed by atoms with Gasteiger partial charge in [-0.25, -0.2) is 8.42 Å². The Balaban J connectivity index is 2.03. The molecule has 0 heterocycles. The van der Waals surface area contributed by atoms with Crippen molar-refractivity contribution < 1.29 is 8.42 Å². The first-order valence-electron chi connectivity index (χ1n) is 9.86. The van der Waals surface area contributed by atoms with Crippen molar-refractivity contribution in [3.8, 4) is 0 Å². The summed E-state index contributed by atoms with van der Waals surface area (Å²) in [5, 5.41) is 0. The molecule has 0 aliphatic rings. The quantitative estimate of drug-likeness (QED) is 0.360. The summed E-state index contributed by atoms with van der Waals surface area (Å²) in [6, 6.07) is 7.29. The van der Waals surface area contributed by atoms with E-state index in [2.05, 4.69) is 6.92 Å². The Bertz CT molecular complexity index is 535. The Kier molecular flexibility index (Phi) is 11.1. The Morgan fingerprint density at radius 1 is 0.708 bits per heavy atom. The van der Waals surface area contributed by atoms with Crippen LogP contribution < -0.4 is 0 Å². The minimum Gasteiger partial charge on any atom is -0.224 e. The summed E-state index contributed by atoms with van der Waals surface area (Å²) in [5.74, 6) is 0.287. The Hall–Kier alpha value is -0.830. The molecule has 1 rings (SSSR count). The smallest absolute Gasteiger partial charge is 0.178 e. The standard InChI is InChI=1S/C21H36O2S/c1-3-4-5-6-7-8-9-10-11-12-13-16-19-24(22,23)21-18-15-14-17-20(21)2/h14-15,17-18H,3-13,16,19H2,1-2H3. The Morgan fingerprint density at radius 3 is 1.67 bits per heavy atom. The molecule has 0 saturated heterocycles. The van der Waals surface area contributed by atoms with E-state index in [1.807, 2.05) is 25.1 Å². The van der Waals surface area contributed by atoms with Gasteiger partial charge in [-0.2, -0.15) is 0 Å². The topological polar surface area (TPSA) is 34.1 Å². The first-order chi connectivity index (χ1) is 11.6. The highest BCUT2D eigenvalue weighted by Crippen LogP contribution is 2.18. The van der Waals surface area contributed by atoms with Crippen LogP contribution in [-0.4, -0.2) is 14.2 Å². The molecule has 0 N–H and O–H groups in total. The van der Waals surface area contributed by atoms with Gasteiger partial charge in [0.15, 0.2) is 9.84 Å². The highest BCUT2D eigenvalue weighted by Gasteiger charge is 2.15. The second-order valence-electron chi connectivity index (χ2n) is 6.97. The van der Waals surface area contributed by atoms with Crippen molar-refractivity contribution in [2.75, 3.05) is 5.75 Å². The molecule has 1 aromatic rings. The molecule has 0 aliphatic carbocycles. The van der Waals surface area contributed by atoms with Crippen molar-refractivity contribution in [3.05, 3.63) is 29.8 Å². The maximum absolute atomic E-state index is 12.3. The van der Waals surface area contributed by atoms with Crippen molar-refractivity contribution in [2.45, 2.75) is 95.8 Å². The molecule has 0 atom stereocenters. The van der Waals surface area contributed by atoms with E-state index in [-0.39, 0.29) is 5.75 Å². The van der Waals surface area contributed by atoms with Crippen LogP contribution in [0.4, 0.5) is 0 Å². The van der Waals surface area contributed by atoms with Gasteiger partial charge in [-0.15, -0.1) is 0 Å². The molecule has 0 amide bonds. The average molecular weight is 353 g/mol. The minimum atomic E-state index is -3.10. The average Bonchev–Trinajstić information content (AvgIpc) is 2.56. The number of benzene rings is 1. The fourth-order valence-electron chi connectivity index (χ4n) is 3.15. The van der Waals surface area contributed by atoms with E-state index in [1.54, 1.807) is 6.07 Å². The van der Waals surface area contributed by atoms with Gasteiger partial charge in [0.2, 0.25) is 0 Å². The third-order valence-electron chi connectivity index (χ3n) is 4.70. The van der Waals surface area contributed by atoms with Crippen molar-refractivity contribution in [1.29, 1.82) is 0 Å². The normalized spacial score (nSPS) is 11.8. The molecule has 0 bridgehead atoms. The molecule has 0 aliphatic heterocycles. The lowest BCUT2D eigenvalue weighted by Crippen LogP contribution is -2.08. The number of rotatable bonds is 14. The first kappa shape index (κ1) is 21.2. The van der Waals surface area contributed by atoms with Crippen LogP contribution in [0.1, 0.15) is 89.5 Å². The SMILES string of the molecule is CCCCCCCCCCCCCCS(=O)(=O)c1ccccc1C. The summed E-state index contributed by atoms with van der Waals surface area (Å²) in [6.07, 6.45) is 15.1.